The molecule has 0 radical (unpaired) electrons. The van der Waals surface area contributed by atoms with E-state index >= 15 is 0 Å². The summed E-state index contributed by atoms with van der Waals surface area (Å²) < 4.78 is 0. The highest BCUT2D eigenvalue weighted by Crippen LogP contribution is 2.69. The second-order valence-corrected chi connectivity index (χ2v) is 14.3. The molecule has 2 rings (SSSR count). The summed E-state index contributed by atoms with van der Waals surface area (Å²) in [5.74, 6) is 5.22. The van der Waals surface area contributed by atoms with Gasteiger partial charge >= 0.3 is 0 Å². The Morgan fingerprint density at radius 1 is 0.821 bits per heavy atom. The van der Waals surface area contributed by atoms with Crippen LogP contribution in [0, 0.1) is 57.2 Å². The smallest absolute Gasteiger partial charge is 0.0235 e. The fraction of sp³-hybridized carbons (Fsp3) is 1.00. The summed E-state index contributed by atoms with van der Waals surface area (Å²) in [4.78, 5) is 0. The van der Waals surface area contributed by atoms with Gasteiger partial charge in [-0.1, -0.05) is 95.9 Å². The van der Waals surface area contributed by atoms with E-state index < -0.39 is 0 Å². The zero-order valence-electron chi connectivity index (χ0n) is 21.7. The highest BCUT2D eigenvalue weighted by atomic mass is 14.7. The van der Waals surface area contributed by atoms with E-state index in [0.29, 0.717) is 21.7 Å². The van der Waals surface area contributed by atoms with Crippen LogP contribution in [0.5, 0.6) is 0 Å². The van der Waals surface area contributed by atoms with E-state index in [1.807, 2.05) is 0 Å². The largest absolute Gasteiger partial charge is 0.0649 e. The molecule has 0 heterocycles. The van der Waals surface area contributed by atoms with Crippen molar-refractivity contribution in [3.8, 4) is 0 Å². The third-order valence-electron chi connectivity index (χ3n) is 9.58. The first-order valence-electron chi connectivity index (χ1n) is 12.6. The van der Waals surface area contributed by atoms with E-state index in [0.717, 1.165) is 35.5 Å². The summed E-state index contributed by atoms with van der Waals surface area (Å²) >= 11 is 0. The zero-order chi connectivity index (χ0) is 21.7. The summed E-state index contributed by atoms with van der Waals surface area (Å²) in [7, 11) is 0. The predicted octanol–water partition coefficient (Wildman–Crippen LogP) is 9.24. The molecule has 2 aliphatic carbocycles. The maximum Gasteiger partial charge on any atom is -0.0235 e. The van der Waals surface area contributed by atoms with Gasteiger partial charge in [-0.05, 0) is 82.9 Å². The zero-order valence-corrected chi connectivity index (χ0v) is 21.7. The quantitative estimate of drug-likeness (QED) is 0.424. The Labute approximate surface area is 179 Å². The molecule has 6 unspecified atom stereocenters. The van der Waals surface area contributed by atoms with Crippen LogP contribution < -0.4 is 0 Å². The van der Waals surface area contributed by atoms with Gasteiger partial charge in [0.2, 0.25) is 0 Å². The monoisotopic (exact) mass is 390 g/mol. The fourth-order valence-corrected chi connectivity index (χ4v) is 7.70. The van der Waals surface area contributed by atoms with Crippen molar-refractivity contribution >= 4 is 0 Å². The third-order valence-corrected chi connectivity index (χ3v) is 9.58. The molecule has 0 aromatic carbocycles. The lowest BCUT2D eigenvalue weighted by Crippen LogP contribution is -2.49. The molecule has 0 nitrogen and oxygen atoms in total. The summed E-state index contributed by atoms with van der Waals surface area (Å²) in [5, 5.41) is 0. The number of rotatable bonds is 6. The van der Waals surface area contributed by atoms with Gasteiger partial charge in [0.25, 0.3) is 0 Å². The van der Waals surface area contributed by atoms with Crippen molar-refractivity contribution in [2.24, 2.45) is 57.2 Å². The van der Waals surface area contributed by atoms with Gasteiger partial charge in [-0.15, -0.1) is 0 Å². The Balaban J connectivity index is 2.52. The van der Waals surface area contributed by atoms with Crippen LogP contribution in [0.25, 0.3) is 0 Å². The Morgan fingerprint density at radius 3 is 1.71 bits per heavy atom. The van der Waals surface area contributed by atoms with Crippen LogP contribution in [-0.2, 0) is 0 Å². The van der Waals surface area contributed by atoms with Crippen molar-refractivity contribution in [1.82, 2.24) is 0 Å². The van der Waals surface area contributed by atoms with Crippen LogP contribution in [-0.4, -0.2) is 0 Å². The molecule has 0 N–H and O–H groups in total. The Kier molecular flexibility index (Phi) is 6.87. The summed E-state index contributed by atoms with van der Waals surface area (Å²) in [6.45, 7) is 30.4. The summed E-state index contributed by atoms with van der Waals surface area (Å²) in [6, 6.07) is 0. The lowest BCUT2D eigenvalue weighted by atomic mass is 9.49. The van der Waals surface area contributed by atoms with Crippen LogP contribution >= 0.6 is 0 Å². The first kappa shape index (κ1) is 24.3. The van der Waals surface area contributed by atoms with E-state index in [4.69, 9.17) is 0 Å². The molecule has 0 amide bonds. The molecule has 1 spiro atoms. The van der Waals surface area contributed by atoms with Gasteiger partial charge in [0, 0.05) is 0 Å². The minimum absolute atomic E-state index is 0.380. The molecule has 6 atom stereocenters. The SMILES string of the molecule is CCC(C)(C)CC(CC(C)(C)C)C(C1C(C)C(C)C(C)C12CCC2)C(C)(C)C. The van der Waals surface area contributed by atoms with Crippen LogP contribution in [0.15, 0.2) is 0 Å². The van der Waals surface area contributed by atoms with E-state index in [9.17, 15) is 0 Å². The van der Waals surface area contributed by atoms with Crippen LogP contribution in [0.2, 0.25) is 0 Å². The minimum atomic E-state index is 0.380. The molecule has 2 fully saturated rings. The molecule has 28 heavy (non-hydrogen) atoms. The van der Waals surface area contributed by atoms with Crippen molar-refractivity contribution in [2.45, 2.75) is 122 Å². The van der Waals surface area contributed by atoms with Crippen LogP contribution in [0.1, 0.15) is 122 Å². The average Bonchev–Trinajstić information content (AvgIpc) is 2.65. The van der Waals surface area contributed by atoms with Gasteiger partial charge in [0.1, 0.15) is 0 Å². The Hall–Kier alpha value is 0. The van der Waals surface area contributed by atoms with Gasteiger partial charge in [0.15, 0.2) is 0 Å². The normalized spacial score (nSPS) is 33.0. The van der Waals surface area contributed by atoms with Gasteiger partial charge < -0.3 is 0 Å². The first-order valence-corrected chi connectivity index (χ1v) is 12.6. The lowest BCUT2D eigenvalue weighted by Gasteiger charge is -2.56. The minimum Gasteiger partial charge on any atom is -0.0649 e. The highest BCUT2D eigenvalue weighted by Gasteiger charge is 2.62. The Morgan fingerprint density at radius 2 is 1.36 bits per heavy atom. The summed E-state index contributed by atoms with van der Waals surface area (Å²) in [6.07, 6.45) is 8.54. The van der Waals surface area contributed by atoms with E-state index in [1.165, 1.54) is 38.5 Å². The molecule has 0 heteroatoms. The molecular formula is C28H54. The molecule has 0 aromatic heterocycles. The van der Waals surface area contributed by atoms with Gasteiger partial charge in [0.05, 0.1) is 0 Å². The number of hydrogen-bond donors (Lipinski definition) is 0. The first-order chi connectivity index (χ1) is 12.6. The van der Waals surface area contributed by atoms with Gasteiger partial charge in [-0.3, -0.25) is 0 Å². The van der Waals surface area contributed by atoms with Crippen molar-refractivity contribution in [1.29, 1.82) is 0 Å². The maximum atomic E-state index is 2.62. The molecule has 0 aliphatic heterocycles. The predicted molar refractivity (Wildman–Crippen MR) is 126 cm³/mol. The van der Waals surface area contributed by atoms with Crippen molar-refractivity contribution in [3.05, 3.63) is 0 Å². The number of hydrogen-bond acceptors (Lipinski definition) is 0. The fourth-order valence-electron chi connectivity index (χ4n) is 7.70. The van der Waals surface area contributed by atoms with Crippen LogP contribution in [0.4, 0.5) is 0 Å². The van der Waals surface area contributed by atoms with Crippen molar-refractivity contribution < 1.29 is 0 Å². The Bertz CT molecular complexity index is 507. The van der Waals surface area contributed by atoms with Gasteiger partial charge in [-0.2, -0.15) is 0 Å². The van der Waals surface area contributed by atoms with Crippen molar-refractivity contribution in [3.63, 3.8) is 0 Å². The molecule has 2 aliphatic rings. The molecule has 0 saturated heterocycles. The van der Waals surface area contributed by atoms with E-state index in [1.54, 1.807) is 0 Å². The summed E-state index contributed by atoms with van der Waals surface area (Å²) in [5.41, 5.74) is 1.88. The molecule has 2 saturated carbocycles. The third kappa shape index (κ3) is 4.67. The standard InChI is InChI=1S/C28H54/c1-13-27(11,12)18-22(17-25(5,6)7)24(26(8,9)10)23-20(3)19(2)21(4)28(23)15-14-16-28/h19-24H,13-18H2,1-12H3. The molecule has 0 bridgehead atoms. The molecular weight excluding hydrogens is 336 g/mol. The molecule has 0 aromatic rings. The van der Waals surface area contributed by atoms with Crippen LogP contribution in [0.3, 0.4) is 0 Å². The maximum absolute atomic E-state index is 2.62. The van der Waals surface area contributed by atoms with E-state index in [-0.39, 0.29) is 0 Å². The lowest BCUT2D eigenvalue weighted by molar-refractivity contribution is -0.0726. The van der Waals surface area contributed by atoms with Crippen molar-refractivity contribution in [2.75, 3.05) is 0 Å². The second-order valence-electron chi connectivity index (χ2n) is 14.3. The second kappa shape index (κ2) is 7.92. The van der Waals surface area contributed by atoms with Gasteiger partial charge in [-0.25, -0.2) is 0 Å². The topological polar surface area (TPSA) is 0 Å². The van der Waals surface area contributed by atoms with E-state index in [2.05, 4.69) is 83.1 Å². The molecule has 166 valence electrons. The highest BCUT2D eigenvalue weighted by molar-refractivity contribution is 5.10. The average molecular weight is 391 g/mol.